The van der Waals surface area contributed by atoms with Gasteiger partial charge in [-0.2, -0.15) is 15.8 Å². The van der Waals surface area contributed by atoms with Crippen molar-refractivity contribution in [3.05, 3.63) is 132 Å². The summed E-state index contributed by atoms with van der Waals surface area (Å²) in [5.74, 6) is 0. The van der Waals surface area contributed by atoms with Gasteiger partial charge in [-0.25, -0.2) is 0 Å². The lowest BCUT2D eigenvalue weighted by Crippen LogP contribution is -1.98. The van der Waals surface area contributed by atoms with Gasteiger partial charge in [0.2, 0.25) is 0 Å². The predicted octanol–water partition coefficient (Wildman–Crippen LogP) is 10.1. The molecule has 0 fully saturated rings. The van der Waals surface area contributed by atoms with Gasteiger partial charge in [-0.3, -0.25) is 0 Å². The quantitative estimate of drug-likeness (QED) is 0.214. The highest BCUT2D eigenvalue weighted by molar-refractivity contribution is 6.09. The van der Waals surface area contributed by atoms with E-state index >= 15 is 0 Å². The molecule has 8 rings (SSSR count). The Morgan fingerprint density at radius 3 is 1.45 bits per heavy atom. The molecule has 5 nitrogen and oxygen atoms in total. The summed E-state index contributed by atoms with van der Waals surface area (Å²) in [6.07, 6.45) is 0. The number of hydrogen-bond donors (Lipinski definition) is 0. The highest BCUT2D eigenvalue weighted by Crippen LogP contribution is 2.44. The molecule has 0 N–H and O–H groups in total. The van der Waals surface area contributed by atoms with Gasteiger partial charge in [0.15, 0.2) is 0 Å². The maximum atomic E-state index is 10.8. The minimum Gasteiger partial charge on any atom is -0.456 e. The lowest BCUT2D eigenvalue weighted by Gasteiger charge is -2.18. The van der Waals surface area contributed by atoms with Crippen molar-refractivity contribution in [2.24, 2.45) is 0 Å². The molecule has 0 spiro atoms. The Kier molecular flexibility index (Phi) is 5.56. The summed E-state index contributed by atoms with van der Waals surface area (Å²) in [7, 11) is 0. The van der Waals surface area contributed by atoms with Crippen molar-refractivity contribution in [3.8, 4) is 51.6 Å². The Morgan fingerprint density at radius 1 is 0.409 bits per heavy atom. The third kappa shape index (κ3) is 3.70. The van der Waals surface area contributed by atoms with Crippen LogP contribution in [-0.2, 0) is 0 Å². The molecule has 0 radical (unpaired) electrons. The Hall–Kier alpha value is -6.61. The van der Waals surface area contributed by atoms with E-state index in [2.05, 4.69) is 18.2 Å². The van der Waals surface area contributed by atoms with Crippen LogP contribution in [0.4, 0.5) is 0 Å². The van der Waals surface area contributed by atoms with Gasteiger partial charge < -0.3 is 8.83 Å². The monoisotopic (exact) mass is 561 g/mol. The predicted molar refractivity (Wildman–Crippen MR) is 171 cm³/mol. The SMILES string of the molecule is N#Cc1cccc(C#N)c1-c1c(-c2ccc3oc4ccccc4c3c2)ccc(-c2ccc3oc4ccccc4c3c2)c1C#N. The van der Waals surface area contributed by atoms with Gasteiger partial charge in [0.1, 0.15) is 28.4 Å². The maximum Gasteiger partial charge on any atom is 0.135 e. The fraction of sp³-hybridized carbons (Fsp3) is 0. The second kappa shape index (κ2) is 9.74. The Morgan fingerprint density at radius 2 is 0.909 bits per heavy atom. The van der Waals surface area contributed by atoms with E-state index in [1.807, 2.05) is 97.1 Å². The van der Waals surface area contributed by atoms with Crippen LogP contribution in [0.2, 0.25) is 0 Å². The molecule has 6 aromatic carbocycles. The van der Waals surface area contributed by atoms with Crippen LogP contribution in [0.1, 0.15) is 16.7 Å². The molecule has 0 unspecified atom stereocenters. The van der Waals surface area contributed by atoms with Gasteiger partial charge in [0.25, 0.3) is 0 Å². The number of nitrogens with zero attached hydrogens (tertiary/aromatic N) is 3. The molecule has 5 heteroatoms. The first-order chi connectivity index (χ1) is 21.7. The average Bonchev–Trinajstić information content (AvgIpc) is 3.64. The first-order valence-corrected chi connectivity index (χ1v) is 14.0. The zero-order valence-electron chi connectivity index (χ0n) is 23.1. The number of fused-ring (bicyclic) bond motifs is 6. The number of furan rings is 2. The molecule has 0 aliphatic carbocycles. The lowest BCUT2D eigenvalue weighted by atomic mass is 9.83. The van der Waals surface area contributed by atoms with Crippen molar-refractivity contribution in [1.29, 1.82) is 15.8 Å². The number of benzene rings is 6. The molecule has 0 aliphatic rings. The normalized spacial score (nSPS) is 11.1. The molecule has 0 aliphatic heterocycles. The molecule has 0 atom stereocenters. The minimum atomic E-state index is 0.324. The number of hydrogen-bond acceptors (Lipinski definition) is 5. The van der Waals surface area contributed by atoms with Gasteiger partial charge in [-0.15, -0.1) is 0 Å². The number of rotatable bonds is 3. The highest BCUT2D eigenvalue weighted by atomic mass is 16.3. The zero-order valence-corrected chi connectivity index (χ0v) is 23.1. The Balaban J connectivity index is 1.45. The van der Waals surface area contributed by atoms with Crippen LogP contribution in [0.25, 0.3) is 77.3 Å². The Labute approximate surface area is 251 Å². The summed E-state index contributed by atoms with van der Waals surface area (Å²) >= 11 is 0. The number of para-hydroxylation sites is 2. The highest BCUT2D eigenvalue weighted by Gasteiger charge is 2.23. The fourth-order valence-electron chi connectivity index (χ4n) is 6.25. The summed E-state index contributed by atoms with van der Waals surface area (Å²) in [5, 5.41) is 35.0. The third-order valence-corrected chi connectivity index (χ3v) is 8.25. The molecule has 0 saturated heterocycles. The first-order valence-electron chi connectivity index (χ1n) is 14.0. The summed E-state index contributed by atoms with van der Waals surface area (Å²) in [6, 6.07) is 43.5. The first kappa shape index (κ1) is 25.1. The maximum absolute atomic E-state index is 10.8. The van der Waals surface area contributed by atoms with Crippen LogP contribution in [0, 0.1) is 34.0 Å². The molecular weight excluding hydrogens is 542 g/mol. The van der Waals surface area contributed by atoms with Crippen LogP contribution in [-0.4, -0.2) is 0 Å². The van der Waals surface area contributed by atoms with Gasteiger partial charge in [0, 0.05) is 38.2 Å². The summed E-state index contributed by atoms with van der Waals surface area (Å²) < 4.78 is 12.1. The van der Waals surface area contributed by atoms with Crippen LogP contribution in [0.3, 0.4) is 0 Å². The van der Waals surface area contributed by atoms with Gasteiger partial charge in [0.05, 0.1) is 28.8 Å². The minimum absolute atomic E-state index is 0.324. The van der Waals surface area contributed by atoms with E-state index in [-0.39, 0.29) is 0 Å². The number of nitriles is 3. The molecule has 202 valence electrons. The molecule has 44 heavy (non-hydrogen) atoms. The molecule has 0 amide bonds. The van der Waals surface area contributed by atoms with Crippen LogP contribution >= 0.6 is 0 Å². The van der Waals surface area contributed by atoms with Gasteiger partial charge in [-0.1, -0.05) is 66.7 Å². The van der Waals surface area contributed by atoms with E-state index in [9.17, 15) is 15.8 Å². The van der Waals surface area contributed by atoms with Crippen molar-refractivity contribution >= 4 is 43.9 Å². The fourth-order valence-corrected chi connectivity index (χ4v) is 6.25. The third-order valence-electron chi connectivity index (χ3n) is 8.25. The summed E-state index contributed by atoms with van der Waals surface area (Å²) in [6.45, 7) is 0. The van der Waals surface area contributed by atoms with Crippen molar-refractivity contribution in [3.63, 3.8) is 0 Å². The zero-order chi connectivity index (χ0) is 29.8. The van der Waals surface area contributed by atoms with Crippen LogP contribution in [0.5, 0.6) is 0 Å². The second-order valence-corrected chi connectivity index (χ2v) is 10.6. The van der Waals surface area contributed by atoms with Gasteiger partial charge in [-0.05, 0) is 65.2 Å². The average molecular weight is 562 g/mol. The van der Waals surface area contributed by atoms with E-state index in [1.165, 1.54) is 0 Å². The standard InChI is InChI=1S/C39H19N3O2/c40-20-25-6-5-7-26(21-41)38(25)39-28(24-13-17-37-32(19-24)30-9-2-4-11-35(30)44-37)15-14-27(33(39)22-42)23-12-16-36-31(18-23)29-8-1-3-10-34(29)43-36/h1-19H. The topological polar surface area (TPSA) is 97.7 Å². The van der Waals surface area contributed by atoms with Crippen molar-refractivity contribution in [2.75, 3.05) is 0 Å². The van der Waals surface area contributed by atoms with Crippen LogP contribution < -0.4 is 0 Å². The van der Waals surface area contributed by atoms with E-state index < -0.39 is 0 Å². The molecule has 8 aromatic rings. The van der Waals surface area contributed by atoms with Crippen molar-refractivity contribution < 1.29 is 8.83 Å². The molecule has 0 bridgehead atoms. The van der Waals surface area contributed by atoms with Crippen LogP contribution in [0.15, 0.2) is 124 Å². The van der Waals surface area contributed by atoms with E-state index in [0.717, 1.165) is 60.6 Å². The largest absolute Gasteiger partial charge is 0.456 e. The van der Waals surface area contributed by atoms with E-state index in [1.54, 1.807) is 18.2 Å². The second-order valence-electron chi connectivity index (χ2n) is 10.6. The Bertz CT molecular complexity index is 2570. The summed E-state index contributed by atoms with van der Waals surface area (Å²) in [5.41, 5.74) is 8.22. The molecular formula is C39H19N3O2. The van der Waals surface area contributed by atoms with E-state index in [0.29, 0.717) is 33.4 Å². The van der Waals surface area contributed by atoms with Crippen molar-refractivity contribution in [1.82, 2.24) is 0 Å². The van der Waals surface area contributed by atoms with Gasteiger partial charge >= 0.3 is 0 Å². The lowest BCUT2D eigenvalue weighted by molar-refractivity contribution is 0.668. The molecule has 2 heterocycles. The molecule has 2 aromatic heterocycles. The van der Waals surface area contributed by atoms with Crippen molar-refractivity contribution in [2.45, 2.75) is 0 Å². The molecule has 0 saturated carbocycles. The smallest absolute Gasteiger partial charge is 0.135 e. The summed E-state index contributed by atoms with van der Waals surface area (Å²) in [4.78, 5) is 0. The van der Waals surface area contributed by atoms with E-state index in [4.69, 9.17) is 8.83 Å².